The molecule has 94 valence electrons. The van der Waals surface area contributed by atoms with Crippen molar-refractivity contribution in [2.24, 2.45) is 0 Å². The summed E-state index contributed by atoms with van der Waals surface area (Å²) in [7, 11) is 1.37. The van der Waals surface area contributed by atoms with Crippen LogP contribution in [0.4, 0.5) is 0 Å². The van der Waals surface area contributed by atoms with Gasteiger partial charge < -0.3 is 4.74 Å². The lowest BCUT2D eigenvalue weighted by Crippen LogP contribution is -2.11. The van der Waals surface area contributed by atoms with Crippen LogP contribution in [0.3, 0.4) is 0 Å². The van der Waals surface area contributed by atoms with Crippen LogP contribution in [-0.4, -0.2) is 18.1 Å². The second-order valence-electron chi connectivity index (χ2n) is 5.34. The molecule has 0 aliphatic rings. The summed E-state index contributed by atoms with van der Waals surface area (Å²) < 4.78 is 4.77. The first-order valence-electron chi connectivity index (χ1n) is 5.91. The highest BCUT2D eigenvalue weighted by molar-refractivity contribution is 6.02. The molecule has 1 heterocycles. The van der Waals surface area contributed by atoms with Gasteiger partial charge in [-0.25, -0.2) is 9.78 Å². The molecule has 0 bridgehead atoms. The molecule has 2 rings (SSSR count). The van der Waals surface area contributed by atoms with Gasteiger partial charge in [0.25, 0.3) is 0 Å². The minimum Gasteiger partial charge on any atom is -0.464 e. The van der Waals surface area contributed by atoms with Crippen LogP contribution >= 0.6 is 0 Å². The number of methoxy groups -OCH3 is 1. The maximum Gasteiger partial charge on any atom is 0.357 e. The van der Waals surface area contributed by atoms with E-state index < -0.39 is 5.97 Å². The van der Waals surface area contributed by atoms with Crippen molar-refractivity contribution in [1.29, 1.82) is 0 Å². The summed E-state index contributed by atoms with van der Waals surface area (Å²) in [5.74, 6) is -0.397. The molecule has 0 aliphatic carbocycles. The molecule has 3 heteroatoms. The smallest absolute Gasteiger partial charge is 0.357 e. The van der Waals surface area contributed by atoms with Crippen LogP contribution in [0.25, 0.3) is 10.8 Å². The second-order valence-corrected chi connectivity index (χ2v) is 5.34. The first kappa shape index (κ1) is 12.6. The van der Waals surface area contributed by atoms with Crippen molar-refractivity contribution in [3.05, 3.63) is 41.7 Å². The Morgan fingerprint density at radius 2 is 1.94 bits per heavy atom. The number of esters is 1. The molecular formula is C15H17NO2. The van der Waals surface area contributed by atoms with E-state index in [4.69, 9.17) is 4.74 Å². The third kappa shape index (κ3) is 2.21. The Balaban J connectivity index is 2.70. The predicted octanol–water partition coefficient (Wildman–Crippen LogP) is 3.32. The summed E-state index contributed by atoms with van der Waals surface area (Å²) in [6, 6.07) is 8.02. The number of nitrogens with zero attached hydrogens (tertiary/aromatic N) is 1. The lowest BCUT2D eigenvalue weighted by atomic mass is 9.86. The van der Waals surface area contributed by atoms with Crippen molar-refractivity contribution < 1.29 is 9.53 Å². The summed E-state index contributed by atoms with van der Waals surface area (Å²) in [6.07, 6.45) is 1.63. The van der Waals surface area contributed by atoms with E-state index in [9.17, 15) is 4.79 Å². The van der Waals surface area contributed by atoms with Gasteiger partial charge in [0, 0.05) is 11.6 Å². The van der Waals surface area contributed by atoms with Crippen molar-refractivity contribution in [3.8, 4) is 0 Å². The number of hydrogen-bond donors (Lipinski definition) is 0. The van der Waals surface area contributed by atoms with Gasteiger partial charge in [0.15, 0.2) is 5.69 Å². The van der Waals surface area contributed by atoms with E-state index in [1.165, 1.54) is 12.7 Å². The number of rotatable bonds is 1. The van der Waals surface area contributed by atoms with Crippen LogP contribution in [0, 0.1) is 0 Å². The maximum absolute atomic E-state index is 11.7. The SMILES string of the molecule is COC(=O)c1nccc2ccc(C(C)(C)C)cc12. The van der Waals surface area contributed by atoms with Gasteiger partial charge in [-0.2, -0.15) is 0 Å². The molecular weight excluding hydrogens is 226 g/mol. The Hall–Kier alpha value is -1.90. The van der Waals surface area contributed by atoms with Gasteiger partial charge >= 0.3 is 5.97 Å². The van der Waals surface area contributed by atoms with Crippen LogP contribution in [-0.2, 0) is 10.2 Å². The molecule has 0 atom stereocenters. The topological polar surface area (TPSA) is 39.2 Å². The largest absolute Gasteiger partial charge is 0.464 e. The van der Waals surface area contributed by atoms with E-state index in [0.29, 0.717) is 5.69 Å². The second kappa shape index (κ2) is 4.41. The number of hydrogen-bond acceptors (Lipinski definition) is 3. The van der Waals surface area contributed by atoms with E-state index in [-0.39, 0.29) is 5.41 Å². The van der Waals surface area contributed by atoms with Crippen LogP contribution in [0.5, 0.6) is 0 Å². The summed E-state index contributed by atoms with van der Waals surface area (Å²) in [4.78, 5) is 15.8. The third-order valence-electron chi connectivity index (χ3n) is 3.01. The van der Waals surface area contributed by atoms with Gasteiger partial charge in [-0.3, -0.25) is 0 Å². The molecule has 2 aromatic rings. The molecule has 3 nitrogen and oxygen atoms in total. The van der Waals surface area contributed by atoms with E-state index in [2.05, 4.69) is 31.8 Å². The number of ether oxygens (including phenoxy) is 1. The van der Waals surface area contributed by atoms with Crippen molar-refractivity contribution in [3.63, 3.8) is 0 Å². The van der Waals surface area contributed by atoms with Gasteiger partial charge in [0.1, 0.15) is 0 Å². The van der Waals surface area contributed by atoms with Gasteiger partial charge in [-0.1, -0.05) is 32.9 Å². The minimum atomic E-state index is -0.397. The lowest BCUT2D eigenvalue weighted by Gasteiger charge is -2.19. The van der Waals surface area contributed by atoms with Crippen molar-refractivity contribution in [2.45, 2.75) is 26.2 Å². The van der Waals surface area contributed by atoms with E-state index in [1.54, 1.807) is 6.20 Å². The highest BCUT2D eigenvalue weighted by atomic mass is 16.5. The monoisotopic (exact) mass is 243 g/mol. The van der Waals surface area contributed by atoms with E-state index >= 15 is 0 Å². The fourth-order valence-corrected chi connectivity index (χ4v) is 1.89. The van der Waals surface area contributed by atoms with Crippen molar-refractivity contribution in [1.82, 2.24) is 4.98 Å². The molecule has 1 aromatic heterocycles. The molecule has 18 heavy (non-hydrogen) atoms. The molecule has 0 N–H and O–H groups in total. The van der Waals surface area contributed by atoms with Crippen molar-refractivity contribution in [2.75, 3.05) is 7.11 Å². The number of pyridine rings is 1. The molecule has 0 amide bonds. The highest BCUT2D eigenvalue weighted by Crippen LogP contribution is 2.27. The number of aromatic nitrogens is 1. The fraction of sp³-hybridized carbons (Fsp3) is 0.333. The standard InChI is InChI=1S/C15H17NO2/c1-15(2,3)11-6-5-10-7-8-16-13(12(10)9-11)14(17)18-4/h5-9H,1-4H3. The summed E-state index contributed by atoms with van der Waals surface area (Å²) in [6.45, 7) is 6.42. The van der Waals surface area contributed by atoms with E-state index in [0.717, 1.165) is 10.8 Å². The number of benzene rings is 1. The van der Waals surface area contributed by atoms with Crippen molar-refractivity contribution >= 4 is 16.7 Å². The molecule has 0 radical (unpaired) electrons. The summed E-state index contributed by atoms with van der Waals surface area (Å²) in [5.41, 5.74) is 1.59. The maximum atomic E-state index is 11.7. The summed E-state index contributed by atoms with van der Waals surface area (Å²) >= 11 is 0. The Labute approximate surface area is 107 Å². The number of fused-ring (bicyclic) bond motifs is 1. The van der Waals surface area contributed by atoms with Crippen LogP contribution < -0.4 is 0 Å². The molecule has 0 fully saturated rings. The van der Waals surface area contributed by atoms with Crippen LogP contribution in [0.2, 0.25) is 0 Å². The van der Waals surface area contributed by atoms with Gasteiger partial charge in [-0.15, -0.1) is 0 Å². The molecule has 0 spiro atoms. The Morgan fingerprint density at radius 1 is 1.22 bits per heavy atom. The van der Waals surface area contributed by atoms with Gasteiger partial charge in [-0.05, 0) is 28.5 Å². The molecule has 0 saturated heterocycles. The summed E-state index contributed by atoms with van der Waals surface area (Å²) in [5, 5.41) is 1.84. The zero-order valence-electron chi connectivity index (χ0n) is 11.2. The van der Waals surface area contributed by atoms with Gasteiger partial charge in [0.2, 0.25) is 0 Å². The first-order chi connectivity index (χ1) is 8.43. The Bertz CT molecular complexity index is 597. The van der Waals surface area contributed by atoms with Crippen LogP contribution in [0.15, 0.2) is 30.5 Å². The van der Waals surface area contributed by atoms with Gasteiger partial charge in [0.05, 0.1) is 7.11 Å². The molecule has 0 unspecified atom stereocenters. The zero-order valence-corrected chi connectivity index (χ0v) is 11.2. The Kier molecular flexibility index (Phi) is 3.07. The zero-order chi connectivity index (χ0) is 13.3. The molecule has 1 aromatic carbocycles. The average molecular weight is 243 g/mol. The minimum absolute atomic E-state index is 0.0391. The number of carbonyl (C=O) groups excluding carboxylic acids is 1. The highest BCUT2D eigenvalue weighted by Gasteiger charge is 2.17. The average Bonchev–Trinajstić information content (AvgIpc) is 2.35. The molecule has 0 aliphatic heterocycles. The Morgan fingerprint density at radius 3 is 2.56 bits per heavy atom. The predicted molar refractivity (Wildman–Crippen MR) is 71.8 cm³/mol. The number of carbonyl (C=O) groups is 1. The molecule has 0 saturated carbocycles. The normalized spacial score (nSPS) is 11.6. The van der Waals surface area contributed by atoms with Crippen LogP contribution in [0.1, 0.15) is 36.8 Å². The first-order valence-corrected chi connectivity index (χ1v) is 5.91. The lowest BCUT2D eigenvalue weighted by molar-refractivity contribution is 0.0596. The van der Waals surface area contributed by atoms with E-state index in [1.807, 2.05) is 18.2 Å². The third-order valence-corrected chi connectivity index (χ3v) is 3.01. The quantitative estimate of drug-likeness (QED) is 0.721. The fourth-order valence-electron chi connectivity index (χ4n) is 1.89.